The SMILES string of the molecule is Cc1ccc(C(NC(=O)/C=C/c2c(Cl)nc3sccn23)c2ccccc2)cc1. The molecule has 6 heteroatoms. The zero-order valence-electron chi connectivity index (χ0n) is 15.2. The lowest BCUT2D eigenvalue weighted by Gasteiger charge is -2.19. The van der Waals surface area contributed by atoms with Crippen molar-refractivity contribution in [1.82, 2.24) is 14.7 Å². The molecule has 0 fully saturated rings. The van der Waals surface area contributed by atoms with Crippen LogP contribution in [0.2, 0.25) is 5.15 Å². The number of carbonyl (C=O) groups is 1. The number of halogens is 1. The lowest BCUT2D eigenvalue weighted by molar-refractivity contribution is -0.116. The van der Waals surface area contributed by atoms with Gasteiger partial charge in [-0.2, -0.15) is 0 Å². The summed E-state index contributed by atoms with van der Waals surface area (Å²) in [6.45, 7) is 2.04. The van der Waals surface area contributed by atoms with Gasteiger partial charge in [-0.05, 0) is 24.1 Å². The smallest absolute Gasteiger partial charge is 0.244 e. The van der Waals surface area contributed by atoms with E-state index in [0.717, 1.165) is 16.1 Å². The maximum absolute atomic E-state index is 12.7. The van der Waals surface area contributed by atoms with Crippen LogP contribution in [0.4, 0.5) is 0 Å². The minimum atomic E-state index is -0.235. The molecule has 28 heavy (non-hydrogen) atoms. The van der Waals surface area contributed by atoms with Crippen LogP contribution in [0.15, 0.2) is 72.3 Å². The summed E-state index contributed by atoms with van der Waals surface area (Å²) in [6, 6.07) is 17.9. The number of benzene rings is 2. The molecule has 1 N–H and O–H groups in total. The minimum Gasteiger partial charge on any atom is -0.342 e. The molecule has 0 saturated heterocycles. The van der Waals surface area contributed by atoms with Gasteiger partial charge in [-0.3, -0.25) is 9.20 Å². The Morgan fingerprint density at radius 1 is 1.14 bits per heavy atom. The van der Waals surface area contributed by atoms with Crippen LogP contribution < -0.4 is 5.32 Å². The Bertz CT molecular complexity index is 1130. The monoisotopic (exact) mass is 407 g/mol. The number of carbonyl (C=O) groups excluding carboxylic acids is 1. The van der Waals surface area contributed by atoms with Crippen molar-refractivity contribution in [2.24, 2.45) is 0 Å². The quantitative estimate of drug-likeness (QED) is 0.457. The fourth-order valence-electron chi connectivity index (χ4n) is 3.03. The summed E-state index contributed by atoms with van der Waals surface area (Å²) >= 11 is 7.69. The van der Waals surface area contributed by atoms with E-state index < -0.39 is 0 Å². The van der Waals surface area contributed by atoms with E-state index >= 15 is 0 Å². The normalized spacial score (nSPS) is 12.5. The van der Waals surface area contributed by atoms with E-state index in [1.165, 1.54) is 23.0 Å². The molecule has 4 nitrogen and oxygen atoms in total. The van der Waals surface area contributed by atoms with Crippen LogP contribution in [0.1, 0.15) is 28.4 Å². The van der Waals surface area contributed by atoms with Gasteiger partial charge in [0.15, 0.2) is 10.1 Å². The van der Waals surface area contributed by atoms with Crippen LogP contribution in [-0.2, 0) is 4.79 Å². The highest BCUT2D eigenvalue weighted by Crippen LogP contribution is 2.24. The van der Waals surface area contributed by atoms with Gasteiger partial charge < -0.3 is 5.32 Å². The van der Waals surface area contributed by atoms with Crippen LogP contribution >= 0.6 is 22.9 Å². The van der Waals surface area contributed by atoms with Crippen molar-refractivity contribution in [3.63, 3.8) is 0 Å². The molecule has 2 aromatic heterocycles. The number of hydrogen-bond donors (Lipinski definition) is 1. The predicted molar refractivity (Wildman–Crippen MR) is 115 cm³/mol. The second-order valence-electron chi connectivity index (χ2n) is 6.44. The third-order valence-electron chi connectivity index (χ3n) is 4.48. The van der Waals surface area contributed by atoms with Gasteiger partial charge in [0.2, 0.25) is 5.91 Å². The lowest BCUT2D eigenvalue weighted by Crippen LogP contribution is -2.27. The first-order valence-corrected chi connectivity index (χ1v) is 10.1. The highest BCUT2D eigenvalue weighted by Gasteiger charge is 2.16. The number of amides is 1. The highest BCUT2D eigenvalue weighted by molar-refractivity contribution is 7.15. The molecular formula is C22H18ClN3OS. The van der Waals surface area contributed by atoms with Gasteiger partial charge in [0.1, 0.15) is 0 Å². The van der Waals surface area contributed by atoms with Crippen molar-refractivity contribution in [2.75, 3.05) is 0 Å². The third kappa shape index (κ3) is 3.86. The fourth-order valence-corrected chi connectivity index (χ4v) is 4.04. The summed E-state index contributed by atoms with van der Waals surface area (Å²) in [5.74, 6) is -0.198. The molecule has 2 aromatic carbocycles. The van der Waals surface area contributed by atoms with Crippen molar-refractivity contribution >= 4 is 39.9 Å². The van der Waals surface area contributed by atoms with Crippen molar-refractivity contribution in [3.05, 3.63) is 99.8 Å². The number of thiazole rings is 1. The summed E-state index contributed by atoms with van der Waals surface area (Å²) in [6.07, 6.45) is 5.08. The van der Waals surface area contributed by atoms with E-state index in [9.17, 15) is 4.79 Å². The Labute approximate surface area is 172 Å². The van der Waals surface area contributed by atoms with Gasteiger partial charge in [-0.1, -0.05) is 71.8 Å². The van der Waals surface area contributed by atoms with E-state index in [1.807, 2.05) is 77.5 Å². The van der Waals surface area contributed by atoms with Gasteiger partial charge in [0.05, 0.1) is 11.7 Å². The predicted octanol–water partition coefficient (Wildman–Crippen LogP) is 5.28. The van der Waals surface area contributed by atoms with Crippen molar-refractivity contribution in [2.45, 2.75) is 13.0 Å². The Balaban J connectivity index is 1.59. The summed E-state index contributed by atoms with van der Waals surface area (Å²) in [7, 11) is 0. The van der Waals surface area contributed by atoms with Gasteiger partial charge >= 0.3 is 0 Å². The van der Waals surface area contributed by atoms with Crippen LogP contribution in [0.3, 0.4) is 0 Å². The standard InChI is InChI=1S/C22H18ClN3OS/c1-15-7-9-17(10-8-15)20(16-5-3-2-4-6-16)24-19(27)12-11-18-21(23)25-22-26(18)13-14-28-22/h2-14,20H,1H3,(H,24,27)/b12-11+. The van der Waals surface area contributed by atoms with E-state index in [2.05, 4.69) is 10.3 Å². The maximum atomic E-state index is 12.7. The van der Waals surface area contributed by atoms with Gasteiger partial charge in [0, 0.05) is 17.7 Å². The molecule has 1 unspecified atom stereocenters. The number of aryl methyl sites for hydroxylation is 1. The molecule has 140 valence electrons. The molecule has 2 heterocycles. The maximum Gasteiger partial charge on any atom is 0.244 e. The zero-order chi connectivity index (χ0) is 19.5. The molecule has 4 aromatic rings. The number of nitrogens with zero attached hydrogens (tertiary/aromatic N) is 2. The highest BCUT2D eigenvalue weighted by atomic mass is 35.5. The molecule has 0 bridgehead atoms. The van der Waals surface area contributed by atoms with Crippen LogP contribution in [0.5, 0.6) is 0 Å². The molecular weight excluding hydrogens is 390 g/mol. The summed E-state index contributed by atoms with van der Waals surface area (Å²) in [5.41, 5.74) is 3.92. The number of rotatable bonds is 5. The molecule has 0 radical (unpaired) electrons. The van der Waals surface area contributed by atoms with E-state index in [4.69, 9.17) is 11.6 Å². The third-order valence-corrected chi connectivity index (χ3v) is 5.51. The second kappa shape index (κ2) is 8.00. The Kier molecular flexibility index (Phi) is 5.28. The van der Waals surface area contributed by atoms with E-state index in [0.29, 0.717) is 10.8 Å². The first kappa shape index (κ1) is 18.5. The molecule has 0 aliphatic carbocycles. The van der Waals surface area contributed by atoms with E-state index in [1.54, 1.807) is 6.08 Å². The zero-order valence-corrected chi connectivity index (χ0v) is 16.7. The molecule has 0 saturated carbocycles. The largest absolute Gasteiger partial charge is 0.342 e. The molecule has 0 aliphatic heterocycles. The molecule has 4 rings (SSSR count). The number of nitrogens with one attached hydrogen (secondary N) is 1. The summed E-state index contributed by atoms with van der Waals surface area (Å²) in [4.78, 5) is 17.8. The van der Waals surface area contributed by atoms with Crippen molar-refractivity contribution < 1.29 is 4.79 Å². The second-order valence-corrected chi connectivity index (χ2v) is 7.67. The molecule has 0 spiro atoms. The minimum absolute atomic E-state index is 0.198. The van der Waals surface area contributed by atoms with Crippen LogP contribution in [0, 0.1) is 6.92 Å². The number of fused-ring (bicyclic) bond motifs is 1. The van der Waals surface area contributed by atoms with Gasteiger partial charge in [-0.25, -0.2) is 4.98 Å². The Morgan fingerprint density at radius 3 is 2.61 bits per heavy atom. The molecule has 1 amide bonds. The topological polar surface area (TPSA) is 46.4 Å². The Morgan fingerprint density at radius 2 is 1.86 bits per heavy atom. The van der Waals surface area contributed by atoms with E-state index in [-0.39, 0.29) is 11.9 Å². The Hall–Kier alpha value is -2.89. The number of hydrogen-bond acceptors (Lipinski definition) is 3. The molecule has 1 atom stereocenters. The fraction of sp³-hybridized carbons (Fsp3) is 0.0909. The molecule has 0 aliphatic rings. The summed E-state index contributed by atoms with van der Waals surface area (Å²) < 4.78 is 1.87. The first-order chi connectivity index (χ1) is 13.6. The van der Waals surface area contributed by atoms with Gasteiger partial charge in [0.25, 0.3) is 0 Å². The van der Waals surface area contributed by atoms with Crippen molar-refractivity contribution in [1.29, 1.82) is 0 Å². The lowest BCUT2D eigenvalue weighted by atomic mass is 9.98. The number of imidazole rings is 1. The van der Waals surface area contributed by atoms with Crippen LogP contribution in [-0.4, -0.2) is 15.3 Å². The number of aromatic nitrogens is 2. The average molecular weight is 408 g/mol. The first-order valence-electron chi connectivity index (χ1n) is 8.83. The summed E-state index contributed by atoms with van der Waals surface area (Å²) in [5, 5.41) is 5.41. The van der Waals surface area contributed by atoms with Gasteiger partial charge in [-0.15, -0.1) is 11.3 Å². The van der Waals surface area contributed by atoms with Crippen molar-refractivity contribution in [3.8, 4) is 0 Å². The average Bonchev–Trinajstić information content (AvgIpc) is 3.27. The van der Waals surface area contributed by atoms with Crippen LogP contribution in [0.25, 0.3) is 11.0 Å².